The number of methoxy groups -OCH3 is 2. The van der Waals surface area contributed by atoms with Crippen molar-refractivity contribution >= 4 is 10.9 Å². The van der Waals surface area contributed by atoms with E-state index in [2.05, 4.69) is 29.8 Å². The molecule has 0 unspecified atom stereocenters. The van der Waals surface area contributed by atoms with Crippen molar-refractivity contribution in [3.63, 3.8) is 0 Å². The molecule has 1 N–H and O–H groups in total. The number of aromatic nitrogens is 1. The lowest BCUT2D eigenvalue weighted by molar-refractivity contribution is 0.333. The standard InChI is InChI=1S/C18H19NO3/c1-4-19-11-14(13-7-5-6-8-15(13)19)12-9-16(20)18(22-3)17(10-12)21-2/h5-11,20H,4H2,1-3H3. The van der Waals surface area contributed by atoms with Gasteiger partial charge in [0.05, 0.1) is 14.2 Å². The average Bonchev–Trinajstić information content (AvgIpc) is 2.93. The highest BCUT2D eigenvalue weighted by Gasteiger charge is 2.15. The van der Waals surface area contributed by atoms with Crippen molar-refractivity contribution in [1.29, 1.82) is 0 Å². The zero-order valence-electron chi connectivity index (χ0n) is 13.0. The van der Waals surface area contributed by atoms with E-state index >= 15 is 0 Å². The van der Waals surface area contributed by atoms with Gasteiger partial charge in [-0.25, -0.2) is 0 Å². The van der Waals surface area contributed by atoms with E-state index in [9.17, 15) is 5.11 Å². The van der Waals surface area contributed by atoms with Crippen LogP contribution in [0.4, 0.5) is 0 Å². The number of benzene rings is 2. The summed E-state index contributed by atoms with van der Waals surface area (Å²) in [6, 6.07) is 11.8. The maximum atomic E-state index is 10.2. The van der Waals surface area contributed by atoms with Gasteiger partial charge in [0, 0.05) is 29.2 Å². The third-order valence-corrected chi connectivity index (χ3v) is 3.90. The summed E-state index contributed by atoms with van der Waals surface area (Å²) in [6.07, 6.45) is 2.10. The molecule has 0 aliphatic carbocycles. The Morgan fingerprint density at radius 1 is 1.09 bits per heavy atom. The summed E-state index contributed by atoms with van der Waals surface area (Å²) >= 11 is 0. The van der Waals surface area contributed by atoms with Gasteiger partial charge in [-0.05, 0) is 30.7 Å². The summed E-state index contributed by atoms with van der Waals surface area (Å²) in [4.78, 5) is 0. The fraction of sp³-hybridized carbons (Fsp3) is 0.222. The molecular weight excluding hydrogens is 278 g/mol. The van der Waals surface area contributed by atoms with E-state index in [-0.39, 0.29) is 5.75 Å². The molecule has 0 aliphatic heterocycles. The molecule has 22 heavy (non-hydrogen) atoms. The minimum atomic E-state index is 0.0742. The van der Waals surface area contributed by atoms with Gasteiger partial charge in [0.1, 0.15) is 0 Å². The summed E-state index contributed by atoms with van der Waals surface area (Å²) in [5.74, 6) is 0.946. The third kappa shape index (κ3) is 2.17. The van der Waals surface area contributed by atoms with Gasteiger partial charge in [-0.3, -0.25) is 0 Å². The number of nitrogens with zero attached hydrogens (tertiary/aromatic N) is 1. The predicted molar refractivity (Wildman–Crippen MR) is 87.8 cm³/mol. The first-order chi connectivity index (χ1) is 10.7. The molecule has 0 fully saturated rings. The highest BCUT2D eigenvalue weighted by molar-refractivity contribution is 5.96. The fourth-order valence-electron chi connectivity index (χ4n) is 2.84. The first kappa shape index (κ1) is 14.3. The van der Waals surface area contributed by atoms with Gasteiger partial charge in [0.15, 0.2) is 11.5 Å². The molecule has 0 bridgehead atoms. The van der Waals surface area contributed by atoms with Crippen LogP contribution in [0.2, 0.25) is 0 Å². The van der Waals surface area contributed by atoms with Crippen LogP contribution in [-0.4, -0.2) is 23.9 Å². The lowest BCUT2D eigenvalue weighted by Crippen LogP contribution is -1.92. The molecule has 1 heterocycles. The molecule has 0 atom stereocenters. The largest absolute Gasteiger partial charge is 0.504 e. The first-order valence-electron chi connectivity index (χ1n) is 7.22. The summed E-state index contributed by atoms with van der Waals surface area (Å²) in [7, 11) is 3.08. The Morgan fingerprint density at radius 3 is 2.55 bits per heavy atom. The molecule has 0 spiro atoms. The Balaban J connectivity index is 2.26. The van der Waals surface area contributed by atoms with Crippen LogP contribution in [0.25, 0.3) is 22.0 Å². The number of hydrogen-bond acceptors (Lipinski definition) is 3. The van der Waals surface area contributed by atoms with Gasteiger partial charge >= 0.3 is 0 Å². The van der Waals surface area contributed by atoms with Crippen LogP contribution in [0.1, 0.15) is 6.92 Å². The molecule has 0 saturated carbocycles. The molecule has 3 aromatic rings. The van der Waals surface area contributed by atoms with Crippen molar-refractivity contribution in [2.24, 2.45) is 0 Å². The lowest BCUT2D eigenvalue weighted by atomic mass is 10.0. The number of hydrogen-bond donors (Lipinski definition) is 1. The second kappa shape index (κ2) is 5.64. The smallest absolute Gasteiger partial charge is 0.203 e. The van der Waals surface area contributed by atoms with Crippen molar-refractivity contribution < 1.29 is 14.6 Å². The molecule has 4 nitrogen and oxygen atoms in total. The maximum Gasteiger partial charge on any atom is 0.203 e. The van der Waals surface area contributed by atoms with E-state index in [1.807, 2.05) is 18.2 Å². The van der Waals surface area contributed by atoms with Gasteiger partial charge in [-0.1, -0.05) is 18.2 Å². The Labute approximate surface area is 129 Å². The molecule has 2 aromatic carbocycles. The van der Waals surface area contributed by atoms with Crippen LogP contribution in [0.15, 0.2) is 42.6 Å². The molecular formula is C18H19NO3. The van der Waals surface area contributed by atoms with E-state index in [0.717, 1.165) is 23.1 Å². The zero-order chi connectivity index (χ0) is 15.7. The summed E-state index contributed by atoms with van der Waals surface area (Å²) in [6.45, 7) is 3.00. The summed E-state index contributed by atoms with van der Waals surface area (Å²) in [5, 5.41) is 11.3. The van der Waals surface area contributed by atoms with Crippen LogP contribution in [0, 0.1) is 0 Å². The van der Waals surface area contributed by atoms with E-state index in [1.165, 1.54) is 12.6 Å². The van der Waals surface area contributed by atoms with Gasteiger partial charge < -0.3 is 19.1 Å². The molecule has 0 radical (unpaired) electrons. The zero-order valence-corrected chi connectivity index (χ0v) is 13.0. The predicted octanol–water partition coefficient (Wildman–Crippen LogP) is 4.05. The molecule has 0 amide bonds. The van der Waals surface area contributed by atoms with Gasteiger partial charge in [-0.15, -0.1) is 0 Å². The van der Waals surface area contributed by atoms with Crippen molar-refractivity contribution in [3.05, 3.63) is 42.6 Å². The Hall–Kier alpha value is -2.62. The monoisotopic (exact) mass is 297 g/mol. The van der Waals surface area contributed by atoms with Crippen molar-refractivity contribution in [1.82, 2.24) is 4.57 Å². The molecule has 0 aliphatic rings. The van der Waals surface area contributed by atoms with E-state index in [4.69, 9.17) is 9.47 Å². The highest BCUT2D eigenvalue weighted by atomic mass is 16.5. The summed E-state index contributed by atoms with van der Waals surface area (Å²) in [5.41, 5.74) is 3.14. The van der Waals surface area contributed by atoms with Crippen LogP contribution < -0.4 is 9.47 Å². The van der Waals surface area contributed by atoms with Gasteiger partial charge in [-0.2, -0.15) is 0 Å². The van der Waals surface area contributed by atoms with Crippen LogP contribution in [-0.2, 0) is 6.54 Å². The number of para-hydroxylation sites is 1. The lowest BCUT2D eigenvalue weighted by Gasteiger charge is -2.11. The van der Waals surface area contributed by atoms with Crippen LogP contribution in [0.3, 0.4) is 0 Å². The molecule has 0 saturated heterocycles. The average molecular weight is 297 g/mol. The quantitative estimate of drug-likeness (QED) is 0.790. The molecule has 3 rings (SSSR count). The van der Waals surface area contributed by atoms with Crippen LogP contribution in [0.5, 0.6) is 17.2 Å². The van der Waals surface area contributed by atoms with E-state index < -0.39 is 0 Å². The number of rotatable bonds is 4. The van der Waals surface area contributed by atoms with Crippen LogP contribution >= 0.6 is 0 Å². The second-order valence-corrected chi connectivity index (χ2v) is 5.08. The van der Waals surface area contributed by atoms with E-state index in [1.54, 1.807) is 13.2 Å². The minimum Gasteiger partial charge on any atom is -0.504 e. The second-order valence-electron chi connectivity index (χ2n) is 5.08. The Kier molecular flexibility index (Phi) is 3.67. The number of ether oxygens (including phenoxy) is 2. The number of phenols is 1. The first-order valence-corrected chi connectivity index (χ1v) is 7.22. The Morgan fingerprint density at radius 2 is 1.86 bits per heavy atom. The minimum absolute atomic E-state index is 0.0742. The summed E-state index contributed by atoms with van der Waals surface area (Å²) < 4.78 is 12.7. The van der Waals surface area contributed by atoms with Crippen molar-refractivity contribution in [2.75, 3.05) is 14.2 Å². The number of phenolic OH excluding ortho intramolecular Hbond substituents is 1. The molecule has 1 aromatic heterocycles. The van der Waals surface area contributed by atoms with E-state index in [0.29, 0.717) is 11.5 Å². The van der Waals surface area contributed by atoms with Crippen molar-refractivity contribution in [3.8, 4) is 28.4 Å². The Bertz CT molecular complexity index is 821. The number of aryl methyl sites for hydroxylation is 1. The number of fused-ring (bicyclic) bond motifs is 1. The number of aromatic hydroxyl groups is 1. The van der Waals surface area contributed by atoms with Crippen molar-refractivity contribution in [2.45, 2.75) is 13.5 Å². The van der Waals surface area contributed by atoms with Gasteiger partial charge in [0.25, 0.3) is 0 Å². The topological polar surface area (TPSA) is 43.6 Å². The highest BCUT2D eigenvalue weighted by Crippen LogP contribution is 2.42. The SMILES string of the molecule is CCn1cc(-c2cc(O)c(OC)c(OC)c2)c2ccccc21. The maximum absolute atomic E-state index is 10.2. The molecule has 4 heteroatoms. The molecule has 114 valence electrons. The van der Waals surface area contributed by atoms with Gasteiger partial charge in [0.2, 0.25) is 5.75 Å². The fourth-order valence-corrected chi connectivity index (χ4v) is 2.84. The normalized spacial score (nSPS) is 10.9. The third-order valence-electron chi connectivity index (χ3n) is 3.90.